The van der Waals surface area contributed by atoms with Gasteiger partial charge in [-0.3, -0.25) is 9.78 Å². The molecule has 0 atom stereocenters. The van der Waals surface area contributed by atoms with Crippen LogP contribution in [0, 0.1) is 5.92 Å². The van der Waals surface area contributed by atoms with Gasteiger partial charge in [0.2, 0.25) is 5.91 Å². The average Bonchev–Trinajstić information content (AvgIpc) is 3.42. The van der Waals surface area contributed by atoms with Crippen molar-refractivity contribution in [1.82, 2.24) is 24.4 Å². The Labute approximate surface area is 226 Å². The molecule has 0 aromatic carbocycles. The topological polar surface area (TPSA) is 57.0 Å². The first-order valence-corrected chi connectivity index (χ1v) is 14.8. The second-order valence-corrected chi connectivity index (χ2v) is 11.8. The molecule has 0 bridgehead atoms. The quantitative estimate of drug-likeness (QED) is 0.468. The predicted molar refractivity (Wildman–Crippen MR) is 152 cm³/mol. The minimum atomic E-state index is 0.253. The van der Waals surface area contributed by atoms with E-state index in [2.05, 4.69) is 70.3 Å². The van der Waals surface area contributed by atoms with Gasteiger partial charge in [0.05, 0.1) is 16.9 Å². The van der Waals surface area contributed by atoms with Gasteiger partial charge in [0.1, 0.15) is 0 Å². The van der Waals surface area contributed by atoms with E-state index >= 15 is 0 Å². The van der Waals surface area contributed by atoms with Crippen LogP contribution in [0.15, 0.2) is 42.9 Å². The summed E-state index contributed by atoms with van der Waals surface area (Å²) in [4.78, 5) is 25.0. The fourth-order valence-electron chi connectivity index (χ4n) is 6.75. The van der Waals surface area contributed by atoms with Gasteiger partial charge in [-0.25, -0.2) is 4.52 Å². The molecule has 0 N–H and O–H groups in total. The number of hydrogen-bond donors (Lipinski definition) is 0. The fourth-order valence-corrected chi connectivity index (χ4v) is 6.75. The largest absolute Gasteiger partial charge is 0.366 e. The minimum absolute atomic E-state index is 0.253. The summed E-state index contributed by atoms with van der Waals surface area (Å²) in [5, 5.41) is 4.59. The van der Waals surface area contributed by atoms with Gasteiger partial charge in [0.25, 0.3) is 0 Å². The number of hydrogen-bond acceptors (Lipinski definition) is 5. The second kappa shape index (κ2) is 11.0. The lowest BCUT2D eigenvalue weighted by Gasteiger charge is -2.38. The van der Waals surface area contributed by atoms with Gasteiger partial charge < -0.3 is 14.7 Å². The number of piperazine rings is 1. The maximum absolute atomic E-state index is 13.0. The molecule has 3 aromatic rings. The highest BCUT2D eigenvalue weighted by Gasteiger charge is 2.29. The molecule has 3 fully saturated rings. The molecule has 3 aromatic heterocycles. The number of pyridine rings is 1. The number of piperidine rings is 1. The van der Waals surface area contributed by atoms with Gasteiger partial charge >= 0.3 is 0 Å². The highest BCUT2D eigenvalue weighted by atomic mass is 16.2. The van der Waals surface area contributed by atoms with E-state index < -0.39 is 0 Å². The van der Waals surface area contributed by atoms with Gasteiger partial charge in [-0.1, -0.05) is 25.3 Å². The Morgan fingerprint density at radius 1 is 0.921 bits per heavy atom. The molecule has 0 unspecified atom stereocenters. The van der Waals surface area contributed by atoms with Crippen molar-refractivity contribution in [3.8, 4) is 11.3 Å². The monoisotopic (exact) mass is 514 g/mol. The zero-order chi connectivity index (χ0) is 26.1. The number of amides is 1. The number of carbonyl (C=O) groups excluding carboxylic acids is 1. The Morgan fingerprint density at radius 3 is 2.37 bits per heavy atom. The minimum Gasteiger partial charge on any atom is -0.366 e. The molecule has 2 saturated heterocycles. The third kappa shape index (κ3) is 5.18. The molecular formula is C31H42N6O. The first-order chi connectivity index (χ1) is 18.6. The molecule has 2 aliphatic heterocycles. The van der Waals surface area contributed by atoms with Gasteiger partial charge in [0, 0.05) is 62.3 Å². The first-order valence-electron chi connectivity index (χ1n) is 14.8. The van der Waals surface area contributed by atoms with E-state index in [1.54, 1.807) is 0 Å². The molecule has 1 saturated carbocycles. The standard InChI is InChI=1S/C31H42N6O/c1-23(2)34-14-11-24(12-15-34)26-8-9-28(32-21-26)27-20-30-29(10-13-33-37(30)22-27)35-16-18-36(19-17-35)31(38)25-6-4-3-5-7-25/h8-10,13,20-25H,3-7,11-12,14-19H2,1-2H3. The van der Waals surface area contributed by atoms with Crippen LogP contribution in [0.3, 0.4) is 0 Å². The summed E-state index contributed by atoms with van der Waals surface area (Å²) in [6.07, 6.45) is 14.3. The number of fused-ring (bicyclic) bond motifs is 1. The maximum atomic E-state index is 13.0. The van der Waals surface area contributed by atoms with Crippen LogP contribution in [0.1, 0.15) is 70.3 Å². The van der Waals surface area contributed by atoms with Crippen LogP contribution in [0.25, 0.3) is 16.8 Å². The molecule has 3 aliphatic rings. The third-order valence-corrected chi connectivity index (χ3v) is 9.19. The molecule has 7 heteroatoms. The van der Waals surface area contributed by atoms with Gasteiger partial charge in [0.15, 0.2) is 0 Å². The zero-order valence-corrected chi connectivity index (χ0v) is 23.1. The second-order valence-electron chi connectivity index (χ2n) is 11.8. The molecular weight excluding hydrogens is 472 g/mol. The molecule has 5 heterocycles. The fraction of sp³-hybridized carbons (Fsp3) is 0.581. The number of carbonyl (C=O) groups is 1. The van der Waals surface area contributed by atoms with Crippen molar-refractivity contribution in [2.24, 2.45) is 5.92 Å². The molecule has 6 rings (SSSR count). The maximum Gasteiger partial charge on any atom is 0.225 e. The van der Waals surface area contributed by atoms with Crippen molar-refractivity contribution < 1.29 is 4.79 Å². The van der Waals surface area contributed by atoms with E-state index in [1.807, 2.05) is 10.7 Å². The number of likely N-dealkylation sites (tertiary alicyclic amines) is 1. The Hall–Kier alpha value is -2.93. The molecule has 7 nitrogen and oxygen atoms in total. The van der Waals surface area contributed by atoms with Crippen molar-refractivity contribution in [1.29, 1.82) is 0 Å². The van der Waals surface area contributed by atoms with E-state index in [0.717, 1.165) is 55.8 Å². The summed E-state index contributed by atoms with van der Waals surface area (Å²) >= 11 is 0. The highest BCUT2D eigenvalue weighted by Crippen LogP contribution is 2.32. The Bertz CT molecular complexity index is 1230. The van der Waals surface area contributed by atoms with Gasteiger partial charge in [-0.05, 0) is 82.3 Å². The number of nitrogens with zero attached hydrogens (tertiary/aromatic N) is 6. The van der Waals surface area contributed by atoms with E-state index in [9.17, 15) is 4.79 Å². The Balaban J connectivity index is 1.13. The van der Waals surface area contributed by atoms with Crippen molar-refractivity contribution in [3.05, 3.63) is 48.4 Å². The van der Waals surface area contributed by atoms with E-state index in [4.69, 9.17) is 4.98 Å². The van der Waals surface area contributed by atoms with Crippen LogP contribution in [0.2, 0.25) is 0 Å². The van der Waals surface area contributed by atoms with E-state index in [-0.39, 0.29) is 5.92 Å². The molecule has 38 heavy (non-hydrogen) atoms. The summed E-state index contributed by atoms with van der Waals surface area (Å²) < 4.78 is 1.97. The highest BCUT2D eigenvalue weighted by molar-refractivity contribution is 5.81. The molecule has 1 aliphatic carbocycles. The molecule has 0 radical (unpaired) electrons. The van der Waals surface area contributed by atoms with Gasteiger partial charge in [-0.2, -0.15) is 5.10 Å². The average molecular weight is 515 g/mol. The number of anilines is 1. The van der Waals surface area contributed by atoms with Crippen LogP contribution in [-0.2, 0) is 4.79 Å². The molecule has 1 amide bonds. The van der Waals surface area contributed by atoms with Gasteiger partial charge in [-0.15, -0.1) is 0 Å². The van der Waals surface area contributed by atoms with Crippen molar-refractivity contribution in [2.45, 2.75) is 70.8 Å². The summed E-state index contributed by atoms with van der Waals surface area (Å²) in [5.41, 5.74) is 5.73. The summed E-state index contributed by atoms with van der Waals surface area (Å²) in [6, 6.07) is 9.40. The number of rotatable bonds is 5. The normalized spacial score (nSPS) is 20.5. The lowest BCUT2D eigenvalue weighted by Crippen LogP contribution is -2.50. The Kier molecular flexibility index (Phi) is 7.37. The van der Waals surface area contributed by atoms with Crippen LogP contribution in [0.4, 0.5) is 5.69 Å². The van der Waals surface area contributed by atoms with Crippen molar-refractivity contribution >= 4 is 17.1 Å². The third-order valence-electron chi connectivity index (χ3n) is 9.19. The Morgan fingerprint density at radius 2 is 1.68 bits per heavy atom. The molecule has 0 spiro atoms. The van der Waals surface area contributed by atoms with E-state index in [1.165, 1.54) is 56.4 Å². The lowest BCUT2D eigenvalue weighted by molar-refractivity contribution is -0.136. The first kappa shape index (κ1) is 25.4. The predicted octanol–water partition coefficient (Wildman–Crippen LogP) is 5.21. The van der Waals surface area contributed by atoms with Crippen molar-refractivity contribution in [3.63, 3.8) is 0 Å². The summed E-state index contributed by atoms with van der Waals surface area (Å²) in [7, 11) is 0. The molecule has 202 valence electrons. The van der Waals surface area contributed by atoms with Crippen LogP contribution in [0.5, 0.6) is 0 Å². The SMILES string of the molecule is CC(C)N1CCC(c2ccc(-c3cc4c(N5CCN(C(=O)C6CCCCC6)CC5)ccnn4c3)nc2)CC1. The van der Waals surface area contributed by atoms with Crippen LogP contribution < -0.4 is 4.90 Å². The lowest BCUT2D eigenvalue weighted by atomic mass is 9.88. The summed E-state index contributed by atoms with van der Waals surface area (Å²) in [6.45, 7) is 10.3. The van der Waals surface area contributed by atoms with Crippen molar-refractivity contribution in [2.75, 3.05) is 44.2 Å². The number of aromatic nitrogens is 3. The van der Waals surface area contributed by atoms with Crippen LogP contribution >= 0.6 is 0 Å². The van der Waals surface area contributed by atoms with Crippen LogP contribution in [-0.4, -0.2) is 75.6 Å². The zero-order valence-electron chi connectivity index (χ0n) is 23.1. The van der Waals surface area contributed by atoms with E-state index in [0.29, 0.717) is 17.9 Å². The summed E-state index contributed by atoms with van der Waals surface area (Å²) in [5.74, 6) is 1.24. The smallest absolute Gasteiger partial charge is 0.225 e.